The Morgan fingerprint density at radius 1 is 1.03 bits per heavy atom. The summed E-state index contributed by atoms with van der Waals surface area (Å²) < 4.78 is 0. The van der Waals surface area contributed by atoms with E-state index in [1.54, 1.807) is 0 Å². The molecule has 4 atom stereocenters. The Morgan fingerprint density at radius 3 is 2.17 bits per heavy atom. The number of carbonyl (C=O) groups excluding carboxylic acids is 4. The van der Waals surface area contributed by atoms with E-state index in [1.165, 1.54) is 6.92 Å². The van der Waals surface area contributed by atoms with E-state index < -0.39 is 66.2 Å². The fourth-order valence-electron chi connectivity index (χ4n) is 2.77. The van der Waals surface area contributed by atoms with Crippen molar-refractivity contribution >= 4 is 35.6 Å². The maximum absolute atomic E-state index is 12.6. The van der Waals surface area contributed by atoms with Crippen molar-refractivity contribution in [3.05, 3.63) is 0 Å². The number of amides is 4. The number of nitrogens with two attached hydrogens (primary N) is 1. The molecule has 0 saturated carbocycles. The largest absolute Gasteiger partial charge is 0.481 e. The summed E-state index contributed by atoms with van der Waals surface area (Å²) in [6.07, 6.45) is 0.0217. The van der Waals surface area contributed by atoms with Gasteiger partial charge in [0, 0.05) is 6.42 Å². The summed E-state index contributed by atoms with van der Waals surface area (Å²) in [4.78, 5) is 70.3. The third-order valence-corrected chi connectivity index (χ3v) is 4.43. The van der Waals surface area contributed by atoms with E-state index in [-0.39, 0.29) is 12.8 Å². The van der Waals surface area contributed by atoms with Crippen LogP contribution in [0.3, 0.4) is 0 Å². The topological polar surface area (TPSA) is 217 Å². The number of rotatable bonds is 12. The second-order valence-electron chi connectivity index (χ2n) is 6.94. The fourth-order valence-corrected chi connectivity index (χ4v) is 2.77. The minimum Gasteiger partial charge on any atom is -0.481 e. The molecule has 1 aliphatic heterocycles. The van der Waals surface area contributed by atoms with Gasteiger partial charge in [0.25, 0.3) is 0 Å². The van der Waals surface area contributed by atoms with E-state index in [1.807, 2.05) is 0 Å². The Hall–Kier alpha value is -3.22. The summed E-state index contributed by atoms with van der Waals surface area (Å²) in [6.45, 7) is 1.82. The minimum absolute atomic E-state index is 0.239. The van der Waals surface area contributed by atoms with Crippen LogP contribution in [0.5, 0.6) is 0 Å². The lowest BCUT2D eigenvalue weighted by Gasteiger charge is -2.24. The van der Waals surface area contributed by atoms with Gasteiger partial charge in [-0.05, 0) is 32.7 Å². The van der Waals surface area contributed by atoms with Gasteiger partial charge in [-0.3, -0.25) is 28.8 Å². The van der Waals surface area contributed by atoms with Gasteiger partial charge in [-0.2, -0.15) is 0 Å². The molecule has 0 aromatic heterocycles. The van der Waals surface area contributed by atoms with Crippen LogP contribution in [0.15, 0.2) is 0 Å². The average molecular weight is 429 g/mol. The first-order valence-electron chi connectivity index (χ1n) is 9.38. The van der Waals surface area contributed by atoms with Gasteiger partial charge in [-0.25, -0.2) is 0 Å². The third kappa shape index (κ3) is 8.43. The molecule has 4 amide bonds. The summed E-state index contributed by atoms with van der Waals surface area (Å²) in [5, 5.41) is 27.7. The molecule has 0 radical (unpaired) electrons. The molecule has 1 rings (SSSR count). The Morgan fingerprint density at radius 2 is 1.67 bits per heavy atom. The highest BCUT2D eigenvalue weighted by Gasteiger charge is 2.32. The van der Waals surface area contributed by atoms with Crippen LogP contribution in [-0.4, -0.2) is 76.5 Å². The fraction of sp³-hybridized carbons (Fsp3) is 0.647. The standard InChI is InChI=1S/C17H27N5O8/c1-8(17(29)30)20-15(27)10(4-5-12(18)23)21-16(28)11(7-13(24)25)22-14(26)9-3-2-6-19-9/h8-11,19H,2-7H2,1H3,(H2,18,23)(H,20,27)(H,21,28)(H,22,26)(H,24,25)(H,29,30). The molecule has 168 valence electrons. The van der Waals surface area contributed by atoms with Crippen molar-refractivity contribution in [2.75, 3.05) is 6.54 Å². The second-order valence-corrected chi connectivity index (χ2v) is 6.94. The molecule has 1 fully saturated rings. The summed E-state index contributed by atoms with van der Waals surface area (Å²) in [6, 6.07) is -4.66. The van der Waals surface area contributed by atoms with E-state index in [0.717, 1.165) is 6.42 Å². The minimum atomic E-state index is -1.47. The zero-order chi connectivity index (χ0) is 22.8. The molecule has 1 saturated heterocycles. The van der Waals surface area contributed by atoms with Crippen molar-refractivity contribution in [2.45, 2.75) is 63.2 Å². The molecule has 1 heterocycles. The van der Waals surface area contributed by atoms with E-state index in [9.17, 15) is 28.8 Å². The van der Waals surface area contributed by atoms with Crippen LogP contribution in [0.4, 0.5) is 0 Å². The number of nitrogens with one attached hydrogen (secondary N) is 4. The third-order valence-electron chi connectivity index (χ3n) is 4.43. The zero-order valence-electron chi connectivity index (χ0n) is 16.5. The summed E-state index contributed by atoms with van der Waals surface area (Å²) in [5.74, 6) is -5.83. The van der Waals surface area contributed by atoms with E-state index in [2.05, 4.69) is 21.3 Å². The molecule has 0 spiro atoms. The monoisotopic (exact) mass is 429 g/mol. The molecule has 13 nitrogen and oxygen atoms in total. The van der Waals surface area contributed by atoms with Gasteiger partial charge < -0.3 is 37.2 Å². The number of primary amides is 1. The molecule has 0 aromatic carbocycles. The van der Waals surface area contributed by atoms with Crippen LogP contribution >= 0.6 is 0 Å². The lowest BCUT2D eigenvalue weighted by molar-refractivity contribution is -0.143. The van der Waals surface area contributed by atoms with Crippen molar-refractivity contribution in [1.29, 1.82) is 0 Å². The number of carboxylic acids is 2. The molecule has 0 bridgehead atoms. The van der Waals surface area contributed by atoms with Crippen molar-refractivity contribution < 1.29 is 39.0 Å². The molecule has 8 N–H and O–H groups in total. The van der Waals surface area contributed by atoms with E-state index in [4.69, 9.17) is 15.9 Å². The smallest absolute Gasteiger partial charge is 0.325 e. The molecule has 0 aliphatic carbocycles. The quantitative estimate of drug-likeness (QED) is 0.168. The van der Waals surface area contributed by atoms with Crippen LogP contribution in [0, 0.1) is 0 Å². The first-order valence-corrected chi connectivity index (χ1v) is 9.38. The van der Waals surface area contributed by atoms with Crippen molar-refractivity contribution in [1.82, 2.24) is 21.3 Å². The first kappa shape index (κ1) is 24.8. The molecule has 13 heteroatoms. The van der Waals surface area contributed by atoms with Gasteiger partial charge in [0.05, 0.1) is 12.5 Å². The normalized spacial score (nSPS) is 18.5. The van der Waals surface area contributed by atoms with Crippen LogP contribution in [0.25, 0.3) is 0 Å². The highest BCUT2D eigenvalue weighted by Crippen LogP contribution is 2.07. The Kier molecular flexibility index (Phi) is 9.68. The number of carbonyl (C=O) groups is 6. The van der Waals surface area contributed by atoms with Crippen LogP contribution in [0.1, 0.15) is 39.0 Å². The number of hydrogen-bond donors (Lipinski definition) is 7. The Labute approximate surface area is 172 Å². The van der Waals surface area contributed by atoms with Gasteiger partial charge in [0.2, 0.25) is 23.6 Å². The van der Waals surface area contributed by atoms with Crippen LogP contribution in [-0.2, 0) is 28.8 Å². The van der Waals surface area contributed by atoms with Gasteiger partial charge in [0.1, 0.15) is 18.1 Å². The molecule has 1 aliphatic rings. The molecule has 30 heavy (non-hydrogen) atoms. The van der Waals surface area contributed by atoms with Gasteiger partial charge >= 0.3 is 11.9 Å². The van der Waals surface area contributed by atoms with Gasteiger partial charge in [0.15, 0.2) is 0 Å². The molecule has 4 unspecified atom stereocenters. The van der Waals surface area contributed by atoms with Crippen molar-refractivity contribution in [3.8, 4) is 0 Å². The highest BCUT2D eigenvalue weighted by atomic mass is 16.4. The van der Waals surface area contributed by atoms with Crippen LogP contribution < -0.4 is 27.0 Å². The Balaban J connectivity index is 2.88. The van der Waals surface area contributed by atoms with Crippen molar-refractivity contribution in [3.63, 3.8) is 0 Å². The summed E-state index contributed by atoms with van der Waals surface area (Å²) in [7, 11) is 0. The molecule has 0 aromatic rings. The highest BCUT2D eigenvalue weighted by molar-refractivity contribution is 5.95. The lowest BCUT2D eigenvalue weighted by atomic mass is 10.1. The van der Waals surface area contributed by atoms with Crippen molar-refractivity contribution in [2.24, 2.45) is 5.73 Å². The number of carboxylic acid groups (broad SMARTS) is 2. The predicted octanol–water partition coefficient (Wildman–Crippen LogP) is -2.96. The first-order chi connectivity index (χ1) is 14.0. The average Bonchev–Trinajstić information content (AvgIpc) is 3.18. The zero-order valence-corrected chi connectivity index (χ0v) is 16.5. The molecular formula is C17H27N5O8. The van der Waals surface area contributed by atoms with Gasteiger partial charge in [-0.15, -0.1) is 0 Å². The van der Waals surface area contributed by atoms with E-state index >= 15 is 0 Å². The van der Waals surface area contributed by atoms with E-state index in [0.29, 0.717) is 13.0 Å². The maximum Gasteiger partial charge on any atom is 0.325 e. The van der Waals surface area contributed by atoms with Crippen LogP contribution in [0.2, 0.25) is 0 Å². The second kappa shape index (κ2) is 11.7. The number of hydrogen-bond acceptors (Lipinski definition) is 7. The Bertz CT molecular complexity index is 692. The SMILES string of the molecule is CC(NC(=O)C(CCC(N)=O)NC(=O)C(CC(=O)O)NC(=O)C1CCCN1)C(=O)O. The number of aliphatic carboxylic acids is 2. The molecular weight excluding hydrogens is 402 g/mol. The lowest BCUT2D eigenvalue weighted by Crippen LogP contribution is -2.57. The predicted molar refractivity (Wildman–Crippen MR) is 101 cm³/mol. The summed E-state index contributed by atoms with van der Waals surface area (Å²) >= 11 is 0. The maximum atomic E-state index is 12.6. The van der Waals surface area contributed by atoms with Gasteiger partial charge in [-0.1, -0.05) is 0 Å². The summed E-state index contributed by atoms with van der Waals surface area (Å²) in [5.41, 5.74) is 5.06.